The molecule has 8 nitrogen and oxygen atoms in total. The van der Waals surface area contributed by atoms with E-state index in [1.807, 2.05) is 48.5 Å². The zero-order valence-corrected chi connectivity index (χ0v) is 19.9. The van der Waals surface area contributed by atoms with E-state index < -0.39 is 11.9 Å². The normalized spacial score (nSPS) is 17.4. The smallest absolute Gasteiger partial charge is 0.304 e. The van der Waals surface area contributed by atoms with Crippen LogP contribution in [0, 0.1) is 11.3 Å². The van der Waals surface area contributed by atoms with E-state index in [1.54, 1.807) is 11.0 Å². The Morgan fingerprint density at radius 1 is 1.06 bits per heavy atom. The second kappa shape index (κ2) is 12.7. The molecule has 1 heterocycles. The quantitative estimate of drug-likeness (QED) is 0.259. The number of nitrogens with two attached hydrogens (primary N) is 1. The van der Waals surface area contributed by atoms with Gasteiger partial charge in [0.25, 0.3) is 0 Å². The lowest BCUT2D eigenvalue weighted by atomic mass is 10.0. The van der Waals surface area contributed by atoms with E-state index in [0.29, 0.717) is 44.3 Å². The SMILES string of the molecule is N=C(N)c1cccc(CCCC(=O)NC[C@@H]2C[C@@H](CC(=O)O)C(=O)N2CCCc2ccccc2)c1. The van der Waals surface area contributed by atoms with E-state index >= 15 is 0 Å². The van der Waals surface area contributed by atoms with Gasteiger partial charge < -0.3 is 21.1 Å². The Kier molecular flexibility index (Phi) is 9.40. The van der Waals surface area contributed by atoms with Crippen LogP contribution in [0.3, 0.4) is 0 Å². The van der Waals surface area contributed by atoms with Crippen LogP contribution < -0.4 is 11.1 Å². The van der Waals surface area contributed by atoms with Crippen molar-refractivity contribution in [2.45, 2.75) is 51.0 Å². The lowest BCUT2D eigenvalue weighted by Crippen LogP contribution is -2.42. The van der Waals surface area contributed by atoms with Crippen molar-refractivity contribution in [1.29, 1.82) is 5.41 Å². The maximum atomic E-state index is 12.9. The minimum Gasteiger partial charge on any atom is -0.481 e. The molecule has 1 aliphatic rings. The van der Waals surface area contributed by atoms with Gasteiger partial charge in [-0.25, -0.2) is 0 Å². The molecule has 2 amide bonds. The molecule has 1 saturated heterocycles. The molecule has 5 N–H and O–H groups in total. The van der Waals surface area contributed by atoms with Crippen molar-refractivity contribution in [2.24, 2.45) is 11.7 Å². The number of nitrogen functional groups attached to an aromatic ring is 1. The van der Waals surface area contributed by atoms with Crippen LogP contribution in [0.25, 0.3) is 0 Å². The van der Waals surface area contributed by atoms with Crippen LogP contribution in [-0.2, 0) is 27.2 Å². The monoisotopic (exact) mass is 478 g/mol. The first-order chi connectivity index (χ1) is 16.8. The first-order valence-corrected chi connectivity index (χ1v) is 12.1. The van der Waals surface area contributed by atoms with Gasteiger partial charge in [-0.3, -0.25) is 19.8 Å². The minimum absolute atomic E-state index is 0.0187. The van der Waals surface area contributed by atoms with Crippen LogP contribution in [0.15, 0.2) is 54.6 Å². The molecule has 2 aromatic carbocycles. The van der Waals surface area contributed by atoms with Gasteiger partial charge in [-0.05, 0) is 49.3 Å². The third-order valence-corrected chi connectivity index (χ3v) is 6.40. The van der Waals surface area contributed by atoms with E-state index in [9.17, 15) is 19.5 Å². The second-order valence-corrected chi connectivity index (χ2v) is 9.08. The summed E-state index contributed by atoms with van der Waals surface area (Å²) in [5.41, 5.74) is 8.42. The highest BCUT2D eigenvalue weighted by atomic mass is 16.4. The molecule has 0 aromatic heterocycles. The standard InChI is InChI=1S/C27H34N4O4/c28-26(29)21-12-4-9-20(15-21)10-5-13-24(32)30-18-23-16-22(17-25(33)34)27(35)31(23)14-6-11-19-7-2-1-3-8-19/h1-4,7-9,12,15,22-23H,5-6,10-11,13-14,16-18H2,(H3,28,29)(H,30,32)(H,33,34)/t22-,23-/m0/s1. The van der Waals surface area contributed by atoms with Crippen molar-refractivity contribution in [3.8, 4) is 0 Å². The molecule has 186 valence electrons. The Morgan fingerprint density at radius 2 is 1.77 bits per heavy atom. The highest BCUT2D eigenvalue weighted by molar-refractivity contribution is 5.95. The molecule has 1 aliphatic heterocycles. The molecule has 0 saturated carbocycles. The van der Waals surface area contributed by atoms with Crippen molar-refractivity contribution < 1.29 is 19.5 Å². The number of carbonyl (C=O) groups is 3. The van der Waals surface area contributed by atoms with Crippen LogP contribution in [0.4, 0.5) is 0 Å². The Hall–Kier alpha value is -3.68. The Morgan fingerprint density at radius 3 is 2.49 bits per heavy atom. The molecule has 0 radical (unpaired) electrons. The fraction of sp³-hybridized carbons (Fsp3) is 0.407. The van der Waals surface area contributed by atoms with Crippen molar-refractivity contribution in [2.75, 3.05) is 13.1 Å². The molecule has 0 spiro atoms. The summed E-state index contributed by atoms with van der Waals surface area (Å²) in [6.45, 7) is 0.864. The van der Waals surface area contributed by atoms with Crippen molar-refractivity contribution in [3.05, 3.63) is 71.3 Å². The number of aryl methyl sites for hydroxylation is 2. The van der Waals surface area contributed by atoms with Gasteiger partial charge in [0.1, 0.15) is 5.84 Å². The topological polar surface area (TPSA) is 137 Å². The van der Waals surface area contributed by atoms with Crippen LogP contribution >= 0.6 is 0 Å². The molecule has 2 atom stereocenters. The summed E-state index contributed by atoms with van der Waals surface area (Å²) in [6.07, 6.45) is 3.56. The lowest BCUT2D eigenvalue weighted by molar-refractivity contribution is -0.142. The number of hydrogen-bond acceptors (Lipinski definition) is 4. The van der Waals surface area contributed by atoms with Gasteiger partial charge in [0.2, 0.25) is 11.8 Å². The van der Waals surface area contributed by atoms with Crippen molar-refractivity contribution in [3.63, 3.8) is 0 Å². The van der Waals surface area contributed by atoms with Crippen molar-refractivity contribution >= 4 is 23.6 Å². The van der Waals surface area contributed by atoms with Gasteiger partial charge in [-0.2, -0.15) is 0 Å². The van der Waals surface area contributed by atoms with Crippen LogP contribution in [0.1, 0.15) is 48.8 Å². The van der Waals surface area contributed by atoms with Crippen LogP contribution in [-0.4, -0.2) is 52.8 Å². The molecule has 0 unspecified atom stereocenters. The number of rotatable bonds is 13. The summed E-state index contributed by atoms with van der Waals surface area (Å²) in [5.74, 6) is -1.73. The highest BCUT2D eigenvalue weighted by Crippen LogP contribution is 2.27. The number of carbonyl (C=O) groups excluding carboxylic acids is 2. The molecule has 0 aliphatic carbocycles. The van der Waals surface area contributed by atoms with Gasteiger partial charge >= 0.3 is 5.97 Å². The van der Waals surface area contributed by atoms with Gasteiger partial charge in [0.15, 0.2) is 0 Å². The number of likely N-dealkylation sites (tertiary alicyclic amines) is 1. The van der Waals surface area contributed by atoms with E-state index in [0.717, 1.165) is 18.4 Å². The fourth-order valence-corrected chi connectivity index (χ4v) is 4.60. The average molecular weight is 479 g/mol. The Bertz CT molecular complexity index is 1040. The highest BCUT2D eigenvalue weighted by Gasteiger charge is 2.39. The number of nitrogens with one attached hydrogen (secondary N) is 2. The molecule has 2 aromatic rings. The van der Waals surface area contributed by atoms with Crippen LogP contribution in [0.5, 0.6) is 0 Å². The Balaban J connectivity index is 1.48. The second-order valence-electron chi connectivity index (χ2n) is 9.08. The number of carboxylic acid groups (broad SMARTS) is 1. The zero-order chi connectivity index (χ0) is 25.2. The third kappa shape index (κ3) is 7.95. The van der Waals surface area contributed by atoms with Crippen molar-refractivity contribution in [1.82, 2.24) is 10.2 Å². The molecule has 3 rings (SSSR count). The van der Waals surface area contributed by atoms with Gasteiger partial charge in [0.05, 0.1) is 12.3 Å². The molecule has 35 heavy (non-hydrogen) atoms. The van der Waals surface area contributed by atoms with Gasteiger partial charge in [0, 0.05) is 31.1 Å². The predicted octanol–water partition coefficient (Wildman–Crippen LogP) is 2.73. The summed E-state index contributed by atoms with van der Waals surface area (Å²) in [4.78, 5) is 38.3. The van der Waals surface area contributed by atoms with E-state index in [-0.39, 0.29) is 30.1 Å². The summed E-state index contributed by atoms with van der Waals surface area (Å²) in [5, 5.41) is 19.7. The van der Waals surface area contributed by atoms with E-state index in [1.165, 1.54) is 5.56 Å². The molecular formula is C27H34N4O4. The number of carboxylic acids is 1. The lowest BCUT2D eigenvalue weighted by Gasteiger charge is -2.25. The number of nitrogens with zero attached hydrogens (tertiary/aromatic N) is 1. The maximum Gasteiger partial charge on any atom is 0.304 e. The van der Waals surface area contributed by atoms with E-state index in [2.05, 4.69) is 5.32 Å². The largest absolute Gasteiger partial charge is 0.481 e. The number of aliphatic carboxylic acids is 1. The Labute approximate surface area is 206 Å². The molecular weight excluding hydrogens is 444 g/mol. The average Bonchev–Trinajstić information content (AvgIpc) is 3.12. The number of hydrogen-bond donors (Lipinski definition) is 4. The van der Waals surface area contributed by atoms with Gasteiger partial charge in [-0.1, -0.05) is 48.5 Å². The predicted molar refractivity (Wildman–Crippen MR) is 134 cm³/mol. The summed E-state index contributed by atoms with van der Waals surface area (Å²) in [7, 11) is 0. The fourth-order valence-electron chi connectivity index (χ4n) is 4.60. The molecule has 0 bridgehead atoms. The number of amidine groups is 1. The molecule has 1 fully saturated rings. The minimum atomic E-state index is -0.980. The van der Waals surface area contributed by atoms with E-state index in [4.69, 9.17) is 11.1 Å². The number of benzene rings is 2. The number of amides is 2. The third-order valence-electron chi connectivity index (χ3n) is 6.40. The summed E-state index contributed by atoms with van der Waals surface area (Å²) in [6, 6.07) is 17.3. The first-order valence-electron chi connectivity index (χ1n) is 12.1. The van der Waals surface area contributed by atoms with Gasteiger partial charge in [-0.15, -0.1) is 0 Å². The van der Waals surface area contributed by atoms with Crippen LogP contribution in [0.2, 0.25) is 0 Å². The summed E-state index contributed by atoms with van der Waals surface area (Å²) < 4.78 is 0. The first kappa shape index (κ1) is 25.9. The molecule has 8 heteroatoms. The zero-order valence-electron chi connectivity index (χ0n) is 19.9. The summed E-state index contributed by atoms with van der Waals surface area (Å²) >= 11 is 0. The maximum absolute atomic E-state index is 12.9.